The summed E-state index contributed by atoms with van der Waals surface area (Å²) in [5.74, 6) is -0.245. The van der Waals surface area contributed by atoms with Gasteiger partial charge in [0.25, 0.3) is 0 Å². The van der Waals surface area contributed by atoms with Crippen molar-refractivity contribution < 1.29 is 19.4 Å². The van der Waals surface area contributed by atoms with E-state index in [0.717, 1.165) is 19.3 Å². The summed E-state index contributed by atoms with van der Waals surface area (Å²) in [6.07, 6.45) is 3.00. The third-order valence-corrected chi connectivity index (χ3v) is 2.52. The summed E-state index contributed by atoms with van der Waals surface area (Å²) in [6, 6.07) is 0. The number of carbonyl (C=O) groups is 1. The number of carbonyl (C=O) groups excluding carboxylic acids is 1. The average Bonchev–Trinajstić information content (AvgIpc) is 2.39. The van der Waals surface area contributed by atoms with Crippen LogP contribution in [-0.2, 0) is 14.3 Å². The average molecular weight is 202 g/mol. The Morgan fingerprint density at radius 3 is 3.07 bits per heavy atom. The molecule has 1 aliphatic rings. The highest BCUT2D eigenvalue weighted by Crippen LogP contribution is 2.17. The van der Waals surface area contributed by atoms with Gasteiger partial charge in [-0.3, -0.25) is 4.79 Å². The van der Waals surface area contributed by atoms with Gasteiger partial charge in [-0.1, -0.05) is 0 Å². The SMILES string of the molecule is COC(=O)CCC1OCCCCC1O. The van der Waals surface area contributed by atoms with Crippen LogP contribution in [0.3, 0.4) is 0 Å². The van der Waals surface area contributed by atoms with E-state index in [0.29, 0.717) is 19.4 Å². The van der Waals surface area contributed by atoms with Crippen molar-refractivity contribution in [2.24, 2.45) is 0 Å². The molecule has 0 aromatic rings. The van der Waals surface area contributed by atoms with Gasteiger partial charge < -0.3 is 14.6 Å². The van der Waals surface area contributed by atoms with Crippen LogP contribution in [0.2, 0.25) is 0 Å². The molecule has 1 fully saturated rings. The Labute approximate surface area is 84.2 Å². The molecule has 4 heteroatoms. The van der Waals surface area contributed by atoms with Crippen LogP contribution in [0, 0.1) is 0 Å². The molecule has 0 aromatic carbocycles. The van der Waals surface area contributed by atoms with Crippen LogP contribution in [0.25, 0.3) is 0 Å². The van der Waals surface area contributed by atoms with Gasteiger partial charge >= 0.3 is 5.97 Å². The molecule has 0 saturated carbocycles. The van der Waals surface area contributed by atoms with E-state index in [1.165, 1.54) is 7.11 Å². The van der Waals surface area contributed by atoms with Gasteiger partial charge in [-0.05, 0) is 25.7 Å². The first-order valence-corrected chi connectivity index (χ1v) is 5.10. The third kappa shape index (κ3) is 3.64. The highest BCUT2D eigenvalue weighted by molar-refractivity contribution is 5.69. The molecule has 2 atom stereocenters. The van der Waals surface area contributed by atoms with Crippen molar-refractivity contribution in [1.29, 1.82) is 0 Å². The normalized spacial score (nSPS) is 28.1. The summed E-state index contributed by atoms with van der Waals surface area (Å²) in [5.41, 5.74) is 0. The lowest BCUT2D eigenvalue weighted by atomic mass is 10.0. The molecule has 4 nitrogen and oxygen atoms in total. The van der Waals surface area contributed by atoms with Crippen molar-refractivity contribution in [2.45, 2.75) is 44.3 Å². The smallest absolute Gasteiger partial charge is 0.305 e. The molecule has 0 radical (unpaired) electrons. The Kier molecular flexibility index (Phi) is 4.90. The molecule has 1 saturated heterocycles. The molecule has 82 valence electrons. The zero-order valence-electron chi connectivity index (χ0n) is 8.57. The first-order chi connectivity index (χ1) is 6.74. The van der Waals surface area contributed by atoms with Crippen molar-refractivity contribution in [3.8, 4) is 0 Å². The maximum absolute atomic E-state index is 10.9. The number of methoxy groups -OCH3 is 1. The molecule has 1 N–H and O–H groups in total. The fraction of sp³-hybridized carbons (Fsp3) is 0.900. The van der Waals surface area contributed by atoms with Crippen molar-refractivity contribution >= 4 is 5.97 Å². The number of hydrogen-bond acceptors (Lipinski definition) is 4. The van der Waals surface area contributed by atoms with Crippen LogP contribution in [0.4, 0.5) is 0 Å². The van der Waals surface area contributed by atoms with Gasteiger partial charge in [0.1, 0.15) is 0 Å². The Hall–Kier alpha value is -0.610. The highest BCUT2D eigenvalue weighted by atomic mass is 16.5. The molecule has 14 heavy (non-hydrogen) atoms. The summed E-state index contributed by atoms with van der Waals surface area (Å²) in [7, 11) is 1.37. The summed E-state index contributed by atoms with van der Waals surface area (Å²) in [6.45, 7) is 0.683. The van der Waals surface area contributed by atoms with Crippen molar-refractivity contribution in [3.05, 3.63) is 0 Å². The van der Waals surface area contributed by atoms with E-state index in [9.17, 15) is 9.90 Å². The molecular weight excluding hydrogens is 184 g/mol. The fourth-order valence-electron chi connectivity index (χ4n) is 1.63. The lowest BCUT2D eigenvalue weighted by molar-refractivity contribution is -0.142. The topological polar surface area (TPSA) is 55.8 Å². The quantitative estimate of drug-likeness (QED) is 0.690. The third-order valence-electron chi connectivity index (χ3n) is 2.52. The number of hydrogen-bond donors (Lipinski definition) is 1. The summed E-state index contributed by atoms with van der Waals surface area (Å²) in [5, 5.41) is 9.66. The van der Waals surface area contributed by atoms with Gasteiger partial charge in [-0.25, -0.2) is 0 Å². The summed E-state index contributed by atoms with van der Waals surface area (Å²) in [4.78, 5) is 10.9. The first kappa shape index (κ1) is 11.5. The Morgan fingerprint density at radius 2 is 2.36 bits per heavy atom. The molecule has 1 aliphatic heterocycles. The number of aliphatic hydroxyl groups excluding tert-OH is 1. The Balaban J connectivity index is 2.29. The highest BCUT2D eigenvalue weighted by Gasteiger charge is 2.22. The molecule has 0 aromatic heterocycles. The minimum atomic E-state index is -0.429. The monoisotopic (exact) mass is 202 g/mol. The molecule has 0 spiro atoms. The standard InChI is InChI=1S/C10H18O4/c1-13-10(12)6-5-9-8(11)4-2-3-7-14-9/h8-9,11H,2-7H2,1H3. The van der Waals surface area contributed by atoms with Gasteiger partial charge in [0, 0.05) is 13.0 Å². The summed E-state index contributed by atoms with van der Waals surface area (Å²) >= 11 is 0. The minimum Gasteiger partial charge on any atom is -0.469 e. The lowest BCUT2D eigenvalue weighted by Crippen LogP contribution is -2.28. The number of aliphatic hydroxyl groups is 1. The second-order valence-corrected chi connectivity index (χ2v) is 3.59. The van der Waals surface area contributed by atoms with E-state index in [2.05, 4.69) is 4.74 Å². The van der Waals surface area contributed by atoms with Gasteiger partial charge in [0.05, 0.1) is 19.3 Å². The van der Waals surface area contributed by atoms with Gasteiger partial charge in [0.2, 0.25) is 0 Å². The fourth-order valence-corrected chi connectivity index (χ4v) is 1.63. The van der Waals surface area contributed by atoms with E-state index in [-0.39, 0.29) is 12.1 Å². The lowest BCUT2D eigenvalue weighted by Gasteiger charge is -2.19. The van der Waals surface area contributed by atoms with Crippen LogP contribution in [0.1, 0.15) is 32.1 Å². The van der Waals surface area contributed by atoms with E-state index in [4.69, 9.17) is 4.74 Å². The number of esters is 1. The van der Waals surface area contributed by atoms with Gasteiger partial charge in [-0.2, -0.15) is 0 Å². The van der Waals surface area contributed by atoms with E-state index in [1.807, 2.05) is 0 Å². The zero-order chi connectivity index (χ0) is 10.4. The van der Waals surface area contributed by atoms with E-state index >= 15 is 0 Å². The Bertz CT molecular complexity index is 181. The van der Waals surface area contributed by atoms with Crippen LogP contribution in [0.15, 0.2) is 0 Å². The van der Waals surface area contributed by atoms with Crippen molar-refractivity contribution in [1.82, 2.24) is 0 Å². The molecule has 1 rings (SSSR count). The van der Waals surface area contributed by atoms with Crippen molar-refractivity contribution in [3.63, 3.8) is 0 Å². The molecule has 0 aliphatic carbocycles. The molecular formula is C10H18O4. The summed E-state index contributed by atoms with van der Waals surface area (Å²) < 4.78 is 9.98. The Morgan fingerprint density at radius 1 is 1.57 bits per heavy atom. The predicted octanol–water partition coefficient (Wildman–Crippen LogP) is 0.870. The largest absolute Gasteiger partial charge is 0.469 e. The van der Waals surface area contributed by atoms with E-state index in [1.54, 1.807) is 0 Å². The second-order valence-electron chi connectivity index (χ2n) is 3.59. The second kappa shape index (κ2) is 5.98. The number of ether oxygens (including phenoxy) is 2. The van der Waals surface area contributed by atoms with Crippen LogP contribution >= 0.6 is 0 Å². The van der Waals surface area contributed by atoms with Gasteiger partial charge in [-0.15, -0.1) is 0 Å². The minimum absolute atomic E-state index is 0.198. The van der Waals surface area contributed by atoms with Crippen LogP contribution in [0.5, 0.6) is 0 Å². The molecule has 2 unspecified atom stereocenters. The van der Waals surface area contributed by atoms with Crippen LogP contribution < -0.4 is 0 Å². The zero-order valence-corrected chi connectivity index (χ0v) is 8.57. The van der Waals surface area contributed by atoms with Crippen molar-refractivity contribution in [2.75, 3.05) is 13.7 Å². The first-order valence-electron chi connectivity index (χ1n) is 5.10. The van der Waals surface area contributed by atoms with Crippen LogP contribution in [-0.4, -0.2) is 37.0 Å². The predicted molar refractivity (Wildman–Crippen MR) is 50.8 cm³/mol. The molecule has 1 heterocycles. The number of rotatable bonds is 3. The maximum atomic E-state index is 10.9. The molecule has 0 bridgehead atoms. The maximum Gasteiger partial charge on any atom is 0.305 e. The van der Waals surface area contributed by atoms with E-state index < -0.39 is 6.10 Å². The molecule has 0 amide bonds. The van der Waals surface area contributed by atoms with Gasteiger partial charge in [0.15, 0.2) is 0 Å².